The fraction of sp³-hybridized carbons (Fsp3) is 0.300. The summed E-state index contributed by atoms with van der Waals surface area (Å²) in [5, 5.41) is 12.4. The number of carbonyl (C=O) groups excluding carboxylic acids is 1. The summed E-state index contributed by atoms with van der Waals surface area (Å²) < 4.78 is 0. The molecule has 1 aliphatic heterocycles. The molecule has 1 unspecified atom stereocenters. The van der Waals surface area contributed by atoms with E-state index in [1.165, 1.54) is 0 Å². The van der Waals surface area contributed by atoms with Crippen molar-refractivity contribution in [3.05, 3.63) is 59.7 Å². The van der Waals surface area contributed by atoms with E-state index < -0.39 is 11.5 Å². The highest BCUT2D eigenvalue weighted by molar-refractivity contribution is 7.99. The van der Waals surface area contributed by atoms with Crippen molar-refractivity contribution in [2.75, 3.05) is 11.5 Å². The van der Waals surface area contributed by atoms with Gasteiger partial charge in [-0.25, -0.2) is 4.79 Å². The lowest BCUT2D eigenvalue weighted by molar-refractivity contribution is -0.143. The number of amides is 1. The lowest BCUT2D eigenvalue weighted by atomic mass is 9.94. The van der Waals surface area contributed by atoms with Crippen LogP contribution in [0.5, 0.6) is 0 Å². The van der Waals surface area contributed by atoms with Gasteiger partial charge in [0.05, 0.1) is 0 Å². The molecule has 25 heavy (non-hydrogen) atoms. The first-order valence-corrected chi connectivity index (χ1v) is 9.47. The van der Waals surface area contributed by atoms with E-state index in [0.717, 1.165) is 28.9 Å². The van der Waals surface area contributed by atoms with E-state index in [0.29, 0.717) is 17.7 Å². The summed E-state index contributed by atoms with van der Waals surface area (Å²) in [6, 6.07) is 15.4. The molecule has 0 aliphatic carbocycles. The molecule has 1 aliphatic rings. The third-order valence-electron chi connectivity index (χ3n) is 4.59. The topological polar surface area (TPSA) is 66.4 Å². The van der Waals surface area contributed by atoms with E-state index in [4.69, 9.17) is 0 Å². The van der Waals surface area contributed by atoms with Crippen molar-refractivity contribution in [3.63, 3.8) is 0 Å². The number of hydrogen-bond donors (Lipinski definition) is 2. The first-order valence-electron chi connectivity index (χ1n) is 8.32. The van der Waals surface area contributed by atoms with Gasteiger partial charge in [-0.1, -0.05) is 36.4 Å². The van der Waals surface area contributed by atoms with Gasteiger partial charge in [0.2, 0.25) is 0 Å². The lowest BCUT2D eigenvalue weighted by Gasteiger charge is -2.33. The van der Waals surface area contributed by atoms with E-state index in [2.05, 4.69) is 5.32 Å². The summed E-state index contributed by atoms with van der Waals surface area (Å²) in [4.78, 5) is 24.5. The molecule has 0 spiro atoms. The van der Waals surface area contributed by atoms with Crippen LogP contribution in [0.4, 0.5) is 0 Å². The summed E-state index contributed by atoms with van der Waals surface area (Å²) in [7, 11) is 0. The van der Waals surface area contributed by atoms with Crippen LogP contribution in [-0.2, 0) is 4.79 Å². The Labute approximate surface area is 151 Å². The van der Waals surface area contributed by atoms with Crippen LogP contribution in [0.15, 0.2) is 48.5 Å². The third-order valence-corrected chi connectivity index (χ3v) is 5.86. The van der Waals surface area contributed by atoms with Crippen molar-refractivity contribution < 1.29 is 14.7 Å². The molecule has 130 valence electrons. The second-order valence-electron chi connectivity index (χ2n) is 6.39. The summed E-state index contributed by atoms with van der Waals surface area (Å²) >= 11 is 1.57. The molecule has 2 aromatic carbocycles. The van der Waals surface area contributed by atoms with Crippen LogP contribution in [0.1, 0.15) is 28.8 Å². The highest BCUT2D eigenvalue weighted by atomic mass is 32.2. The average Bonchev–Trinajstić information content (AvgIpc) is 2.63. The number of hydrogen-bond acceptors (Lipinski definition) is 3. The molecule has 2 aromatic rings. The zero-order chi connectivity index (χ0) is 17.9. The van der Waals surface area contributed by atoms with E-state index in [1.807, 2.05) is 49.4 Å². The molecule has 0 radical (unpaired) electrons. The molecule has 2 N–H and O–H groups in total. The van der Waals surface area contributed by atoms with Crippen LogP contribution in [0.3, 0.4) is 0 Å². The van der Waals surface area contributed by atoms with Crippen molar-refractivity contribution in [2.24, 2.45) is 0 Å². The standard InChI is InChI=1S/C20H21NO3S/c1-14-8-9-16(12-17(14)15-6-3-2-4-7-15)18(22)21-20(19(23)24)10-5-11-25-13-20/h2-4,6-9,12H,5,10-11,13H2,1H3,(H,21,22)(H,23,24). The average molecular weight is 355 g/mol. The van der Waals surface area contributed by atoms with Crippen LogP contribution in [0, 0.1) is 6.92 Å². The second-order valence-corrected chi connectivity index (χ2v) is 7.50. The number of thioether (sulfide) groups is 1. The summed E-state index contributed by atoms with van der Waals surface area (Å²) in [6.07, 6.45) is 1.26. The van der Waals surface area contributed by atoms with Crippen molar-refractivity contribution >= 4 is 23.6 Å². The van der Waals surface area contributed by atoms with Gasteiger partial charge in [-0.05, 0) is 54.3 Å². The molecule has 4 nitrogen and oxygen atoms in total. The molecular weight excluding hydrogens is 334 g/mol. The summed E-state index contributed by atoms with van der Waals surface area (Å²) in [5.41, 5.74) is 2.41. The largest absolute Gasteiger partial charge is 0.479 e. The van der Waals surface area contributed by atoms with Crippen molar-refractivity contribution in [1.29, 1.82) is 0 Å². The summed E-state index contributed by atoms with van der Waals surface area (Å²) in [6.45, 7) is 2.00. The molecule has 0 bridgehead atoms. The molecular formula is C20H21NO3S. The second kappa shape index (κ2) is 7.31. The minimum absolute atomic E-state index is 0.331. The van der Waals surface area contributed by atoms with Crippen LogP contribution in [0.25, 0.3) is 11.1 Å². The lowest BCUT2D eigenvalue weighted by Crippen LogP contribution is -2.57. The number of benzene rings is 2. The molecule has 0 aromatic heterocycles. The monoisotopic (exact) mass is 355 g/mol. The number of carboxylic acid groups (broad SMARTS) is 1. The molecule has 1 atom stereocenters. The summed E-state index contributed by atoms with van der Waals surface area (Å²) in [5.74, 6) is 0.0597. The number of aliphatic carboxylic acids is 1. The van der Waals surface area contributed by atoms with Crippen LogP contribution in [-0.4, -0.2) is 34.0 Å². The quantitative estimate of drug-likeness (QED) is 0.877. The highest BCUT2D eigenvalue weighted by Crippen LogP contribution is 2.29. The SMILES string of the molecule is Cc1ccc(C(=O)NC2(C(=O)O)CCCSC2)cc1-c1ccccc1. The Bertz CT molecular complexity index is 783. The van der Waals surface area contributed by atoms with Gasteiger partial charge in [-0.2, -0.15) is 11.8 Å². The van der Waals surface area contributed by atoms with Gasteiger partial charge in [0.1, 0.15) is 5.54 Å². The van der Waals surface area contributed by atoms with Crippen molar-refractivity contribution in [1.82, 2.24) is 5.32 Å². The molecule has 1 fully saturated rings. The molecule has 3 rings (SSSR count). The predicted octanol–water partition coefficient (Wildman–Crippen LogP) is 3.74. The minimum Gasteiger partial charge on any atom is -0.479 e. The van der Waals surface area contributed by atoms with Crippen LogP contribution < -0.4 is 5.32 Å². The van der Waals surface area contributed by atoms with E-state index in [-0.39, 0.29) is 5.91 Å². The van der Waals surface area contributed by atoms with Gasteiger partial charge in [0, 0.05) is 11.3 Å². The molecule has 1 amide bonds. The highest BCUT2D eigenvalue weighted by Gasteiger charge is 2.41. The smallest absolute Gasteiger partial charge is 0.330 e. The Morgan fingerprint density at radius 1 is 1.16 bits per heavy atom. The van der Waals surface area contributed by atoms with E-state index >= 15 is 0 Å². The Kier molecular flexibility index (Phi) is 5.13. The fourth-order valence-corrected chi connectivity index (χ4v) is 4.28. The number of rotatable bonds is 4. The van der Waals surface area contributed by atoms with Gasteiger partial charge in [-0.15, -0.1) is 0 Å². The molecule has 1 heterocycles. The van der Waals surface area contributed by atoms with Gasteiger partial charge >= 0.3 is 5.97 Å². The van der Waals surface area contributed by atoms with Gasteiger partial charge in [0.15, 0.2) is 0 Å². The molecule has 1 saturated heterocycles. The minimum atomic E-state index is -1.17. The van der Waals surface area contributed by atoms with E-state index in [1.54, 1.807) is 17.8 Å². The maximum absolute atomic E-state index is 12.7. The molecule has 5 heteroatoms. The third kappa shape index (κ3) is 3.71. The van der Waals surface area contributed by atoms with Crippen LogP contribution >= 0.6 is 11.8 Å². The first kappa shape index (κ1) is 17.5. The predicted molar refractivity (Wildman–Crippen MR) is 101 cm³/mol. The van der Waals surface area contributed by atoms with Gasteiger partial charge in [0.25, 0.3) is 5.91 Å². The number of aryl methyl sites for hydroxylation is 1. The Hall–Kier alpha value is -2.27. The number of nitrogens with one attached hydrogen (secondary N) is 1. The molecule has 0 saturated carbocycles. The normalized spacial score (nSPS) is 20.0. The van der Waals surface area contributed by atoms with Gasteiger partial charge in [-0.3, -0.25) is 4.79 Å². The van der Waals surface area contributed by atoms with Crippen molar-refractivity contribution in [2.45, 2.75) is 25.3 Å². The Morgan fingerprint density at radius 3 is 2.56 bits per heavy atom. The zero-order valence-electron chi connectivity index (χ0n) is 14.1. The Balaban J connectivity index is 1.89. The number of carbonyl (C=O) groups is 2. The van der Waals surface area contributed by atoms with Crippen LogP contribution in [0.2, 0.25) is 0 Å². The van der Waals surface area contributed by atoms with Gasteiger partial charge < -0.3 is 10.4 Å². The first-order chi connectivity index (χ1) is 12.0. The van der Waals surface area contributed by atoms with Crippen molar-refractivity contribution in [3.8, 4) is 11.1 Å². The maximum Gasteiger partial charge on any atom is 0.330 e. The zero-order valence-corrected chi connectivity index (χ0v) is 14.9. The van der Waals surface area contributed by atoms with E-state index in [9.17, 15) is 14.7 Å². The fourth-order valence-electron chi connectivity index (χ4n) is 3.10. The number of carboxylic acids is 1. The Morgan fingerprint density at radius 2 is 1.92 bits per heavy atom. The maximum atomic E-state index is 12.7.